The van der Waals surface area contributed by atoms with Crippen LogP contribution in [0.3, 0.4) is 0 Å². The monoisotopic (exact) mass is 466 g/mol. The molecule has 0 spiro atoms. The van der Waals surface area contributed by atoms with E-state index in [4.69, 9.17) is 18.9 Å². The maximum absolute atomic E-state index is 13.2. The van der Waals surface area contributed by atoms with Crippen LogP contribution in [0.1, 0.15) is 46.0 Å². The van der Waals surface area contributed by atoms with E-state index in [0.717, 1.165) is 12.0 Å². The number of ether oxygens (including phenoxy) is 4. The first-order valence-corrected chi connectivity index (χ1v) is 11.8. The van der Waals surface area contributed by atoms with E-state index in [1.54, 1.807) is 6.92 Å². The van der Waals surface area contributed by atoms with Crippen LogP contribution in [0.25, 0.3) is 0 Å². The number of esters is 2. The van der Waals surface area contributed by atoms with Gasteiger partial charge in [0.1, 0.15) is 17.6 Å². The molecule has 3 rings (SSSR count). The molecule has 0 unspecified atom stereocenters. The molecule has 0 bridgehead atoms. The fraction of sp³-hybridized carbons (Fsp3) is 0.760. The van der Waals surface area contributed by atoms with Crippen LogP contribution in [0.5, 0.6) is 0 Å². The number of methoxy groups -OCH3 is 2. The summed E-state index contributed by atoms with van der Waals surface area (Å²) in [6.07, 6.45) is 6.01. The summed E-state index contributed by atoms with van der Waals surface area (Å²) in [7, 11) is 3.07. The van der Waals surface area contributed by atoms with Crippen molar-refractivity contribution in [3.63, 3.8) is 0 Å². The molecule has 8 heteroatoms. The minimum absolute atomic E-state index is 0.0478. The Morgan fingerprint density at radius 3 is 2.52 bits per heavy atom. The van der Waals surface area contributed by atoms with E-state index in [1.165, 1.54) is 14.2 Å². The predicted molar refractivity (Wildman–Crippen MR) is 120 cm³/mol. The largest absolute Gasteiger partial charge is 0.462 e. The lowest BCUT2D eigenvalue weighted by molar-refractivity contribution is -0.173. The molecule has 33 heavy (non-hydrogen) atoms. The maximum Gasteiger partial charge on any atom is 0.316 e. The average Bonchev–Trinajstić information content (AvgIpc) is 2.72. The fourth-order valence-corrected chi connectivity index (χ4v) is 5.48. The zero-order valence-electron chi connectivity index (χ0n) is 20.1. The molecular formula is C25H38O8. The van der Waals surface area contributed by atoms with Crippen molar-refractivity contribution in [3.8, 4) is 0 Å². The summed E-state index contributed by atoms with van der Waals surface area (Å²) in [5.41, 5.74) is 0.0175. The second-order valence-electron chi connectivity index (χ2n) is 10.0. The van der Waals surface area contributed by atoms with E-state index < -0.39 is 29.7 Å². The molecule has 8 nitrogen and oxygen atoms in total. The Morgan fingerprint density at radius 1 is 1.18 bits per heavy atom. The van der Waals surface area contributed by atoms with Gasteiger partial charge in [-0.3, -0.25) is 9.59 Å². The molecule has 186 valence electrons. The number of hydrogen-bond acceptors (Lipinski definition) is 8. The molecule has 1 saturated heterocycles. The highest BCUT2D eigenvalue weighted by molar-refractivity contribution is 5.77. The molecule has 2 aliphatic carbocycles. The molecular weight excluding hydrogens is 428 g/mol. The smallest absolute Gasteiger partial charge is 0.316 e. The lowest BCUT2D eigenvalue weighted by Gasteiger charge is -2.43. The first-order chi connectivity index (χ1) is 15.7. The van der Waals surface area contributed by atoms with Crippen molar-refractivity contribution >= 4 is 11.9 Å². The van der Waals surface area contributed by atoms with Crippen LogP contribution in [0.15, 0.2) is 23.8 Å². The van der Waals surface area contributed by atoms with Crippen LogP contribution in [-0.2, 0) is 28.5 Å². The molecule has 1 fully saturated rings. The zero-order valence-corrected chi connectivity index (χ0v) is 20.1. The molecule has 1 aliphatic heterocycles. The lowest BCUT2D eigenvalue weighted by Crippen LogP contribution is -2.46. The maximum atomic E-state index is 13.2. The Bertz CT molecular complexity index is 754. The van der Waals surface area contributed by atoms with Gasteiger partial charge in [-0.1, -0.05) is 25.2 Å². The molecule has 0 aromatic carbocycles. The van der Waals surface area contributed by atoms with E-state index >= 15 is 0 Å². The van der Waals surface area contributed by atoms with Gasteiger partial charge in [-0.2, -0.15) is 0 Å². The SMILES string of the molecule is COCC(C)(COC)C(=O)O[C@H]1C[C@H](O)C=C2C=C[C@H](C)[C@H](CC[C@@H]3C[C@@H](O)CC(=O)O3)[C@H]21. The van der Waals surface area contributed by atoms with E-state index in [1.807, 2.05) is 12.2 Å². The first-order valence-electron chi connectivity index (χ1n) is 11.8. The van der Waals surface area contributed by atoms with Gasteiger partial charge in [-0.05, 0) is 37.2 Å². The van der Waals surface area contributed by atoms with Crippen LogP contribution in [-0.4, -0.2) is 74.0 Å². The summed E-state index contributed by atoms with van der Waals surface area (Å²) >= 11 is 0. The number of carbonyl (C=O) groups excluding carboxylic acids is 2. The molecule has 2 N–H and O–H groups in total. The number of cyclic esters (lactones) is 1. The quantitative estimate of drug-likeness (QED) is 0.498. The predicted octanol–water partition coefficient (Wildman–Crippen LogP) is 2.17. The topological polar surface area (TPSA) is 112 Å². The molecule has 0 radical (unpaired) electrons. The van der Waals surface area contributed by atoms with Crippen molar-refractivity contribution in [1.82, 2.24) is 0 Å². The third kappa shape index (κ3) is 6.23. The van der Waals surface area contributed by atoms with Crippen molar-refractivity contribution in [2.24, 2.45) is 23.2 Å². The summed E-state index contributed by atoms with van der Waals surface area (Å²) in [4.78, 5) is 24.9. The number of aliphatic hydroxyl groups excluding tert-OH is 2. The normalized spacial score (nSPS) is 34.3. The Balaban J connectivity index is 1.77. The number of allylic oxidation sites excluding steroid dienone is 2. The van der Waals surface area contributed by atoms with Crippen molar-refractivity contribution in [1.29, 1.82) is 0 Å². The lowest BCUT2D eigenvalue weighted by atomic mass is 9.66. The standard InChI is InChI=1S/C25H38O8/c1-15-5-6-16-9-17(26)11-21(33-24(29)25(2,13-30-3)14-31-4)23(16)20(15)8-7-19-10-18(27)12-22(28)32-19/h5-6,9,15,17-21,23,26-27H,7-8,10-14H2,1-4H3/t15-,17+,18+,19+,20-,21-,23-/m0/s1. The second-order valence-corrected chi connectivity index (χ2v) is 10.0. The van der Waals surface area contributed by atoms with E-state index in [0.29, 0.717) is 19.3 Å². The number of rotatable bonds is 9. The van der Waals surface area contributed by atoms with Crippen LogP contribution >= 0.6 is 0 Å². The van der Waals surface area contributed by atoms with E-state index in [9.17, 15) is 19.8 Å². The summed E-state index contributed by atoms with van der Waals surface area (Å²) < 4.78 is 22.0. The van der Waals surface area contributed by atoms with Gasteiger partial charge in [0, 0.05) is 33.0 Å². The Labute approximate surface area is 195 Å². The fourth-order valence-electron chi connectivity index (χ4n) is 5.48. The zero-order chi connectivity index (χ0) is 24.2. The Morgan fingerprint density at radius 2 is 1.88 bits per heavy atom. The Hall–Kier alpha value is -1.74. The highest BCUT2D eigenvalue weighted by Crippen LogP contribution is 2.44. The summed E-state index contributed by atoms with van der Waals surface area (Å²) in [5.74, 6) is -0.484. The summed E-state index contributed by atoms with van der Waals surface area (Å²) in [6.45, 7) is 4.21. The second kappa shape index (κ2) is 11.1. The third-order valence-electron chi connectivity index (χ3n) is 7.11. The highest BCUT2D eigenvalue weighted by Gasteiger charge is 2.45. The molecule has 0 aromatic rings. The number of carbonyl (C=O) groups is 2. The molecule has 0 amide bonds. The molecule has 0 saturated carbocycles. The van der Waals surface area contributed by atoms with Crippen LogP contribution in [0.2, 0.25) is 0 Å². The van der Waals surface area contributed by atoms with Crippen LogP contribution < -0.4 is 0 Å². The van der Waals surface area contributed by atoms with Gasteiger partial charge in [0.05, 0.1) is 31.8 Å². The van der Waals surface area contributed by atoms with Gasteiger partial charge < -0.3 is 29.2 Å². The highest BCUT2D eigenvalue weighted by atomic mass is 16.6. The van der Waals surface area contributed by atoms with Crippen molar-refractivity contribution in [2.75, 3.05) is 27.4 Å². The van der Waals surface area contributed by atoms with Crippen LogP contribution in [0.4, 0.5) is 0 Å². The molecule has 7 atom stereocenters. The summed E-state index contributed by atoms with van der Waals surface area (Å²) in [5, 5.41) is 20.4. The minimum Gasteiger partial charge on any atom is -0.462 e. The van der Waals surface area contributed by atoms with Gasteiger partial charge in [-0.25, -0.2) is 0 Å². The number of fused-ring (bicyclic) bond motifs is 1. The third-order valence-corrected chi connectivity index (χ3v) is 7.11. The van der Waals surface area contributed by atoms with Crippen molar-refractivity contribution in [2.45, 2.75) is 70.4 Å². The van der Waals surface area contributed by atoms with Gasteiger partial charge in [0.25, 0.3) is 0 Å². The average molecular weight is 467 g/mol. The first kappa shape index (κ1) is 25.9. The van der Waals surface area contributed by atoms with Crippen molar-refractivity contribution in [3.05, 3.63) is 23.8 Å². The molecule has 0 aromatic heterocycles. The minimum atomic E-state index is -0.951. The number of hydrogen-bond donors (Lipinski definition) is 2. The van der Waals surface area contributed by atoms with Gasteiger partial charge >= 0.3 is 11.9 Å². The number of aliphatic hydroxyl groups is 2. The molecule has 1 heterocycles. The van der Waals surface area contributed by atoms with E-state index in [2.05, 4.69) is 13.0 Å². The van der Waals surface area contributed by atoms with Gasteiger partial charge in [0.2, 0.25) is 0 Å². The molecule has 3 aliphatic rings. The van der Waals surface area contributed by atoms with Gasteiger partial charge in [0.15, 0.2) is 0 Å². The summed E-state index contributed by atoms with van der Waals surface area (Å²) in [6, 6.07) is 0. The van der Waals surface area contributed by atoms with E-state index in [-0.39, 0.29) is 49.5 Å². The van der Waals surface area contributed by atoms with Crippen molar-refractivity contribution < 1.29 is 38.7 Å². The Kier molecular flexibility index (Phi) is 8.72. The van der Waals surface area contributed by atoms with Gasteiger partial charge in [-0.15, -0.1) is 0 Å². The van der Waals surface area contributed by atoms with Crippen LogP contribution in [0, 0.1) is 23.2 Å².